The first-order chi connectivity index (χ1) is 7.36. The first-order valence-electron chi connectivity index (χ1n) is 5.04. The van der Waals surface area contributed by atoms with Gasteiger partial charge in [0.15, 0.2) is 6.29 Å². The number of hydrogen-bond donors (Lipinski definition) is 0. The summed E-state index contributed by atoms with van der Waals surface area (Å²) in [5.41, 5.74) is 0.703. The highest BCUT2D eigenvalue weighted by atomic mass is 16.5. The zero-order valence-electron chi connectivity index (χ0n) is 9.02. The Bertz CT molecular complexity index is 283. The van der Waals surface area contributed by atoms with E-state index in [1.165, 1.54) is 0 Å². The summed E-state index contributed by atoms with van der Waals surface area (Å²) in [6.07, 6.45) is 5.45. The molecule has 1 aromatic rings. The van der Waals surface area contributed by atoms with E-state index in [1.807, 2.05) is 17.0 Å². The van der Waals surface area contributed by atoms with Gasteiger partial charge in [-0.3, -0.25) is 4.79 Å². The van der Waals surface area contributed by atoms with Gasteiger partial charge in [-0.25, -0.2) is 0 Å². The first kappa shape index (κ1) is 11.9. The van der Waals surface area contributed by atoms with E-state index in [4.69, 9.17) is 9.47 Å². The fourth-order valence-corrected chi connectivity index (χ4v) is 1.25. The van der Waals surface area contributed by atoms with Gasteiger partial charge in [0, 0.05) is 44.8 Å². The lowest BCUT2D eigenvalue weighted by atomic mass is 10.4. The Kier molecular flexibility index (Phi) is 5.73. The Morgan fingerprint density at radius 2 is 2.27 bits per heavy atom. The van der Waals surface area contributed by atoms with Crippen LogP contribution in [0.3, 0.4) is 0 Å². The van der Waals surface area contributed by atoms with E-state index in [0.717, 1.165) is 32.5 Å². The molecule has 0 radical (unpaired) electrons. The van der Waals surface area contributed by atoms with Crippen LogP contribution in [0.15, 0.2) is 18.5 Å². The molecule has 0 saturated heterocycles. The molecule has 0 aromatic carbocycles. The molecule has 0 saturated carbocycles. The molecule has 0 fully saturated rings. The van der Waals surface area contributed by atoms with E-state index in [0.29, 0.717) is 12.2 Å². The molecule has 0 spiro atoms. The minimum atomic E-state index is 0.663. The lowest BCUT2D eigenvalue weighted by Crippen LogP contribution is -2.06. The van der Waals surface area contributed by atoms with Crippen LogP contribution < -0.4 is 0 Å². The van der Waals surface area contributed by atoms with E-state index in [1.54, 1.807) is 13.2 Å². The van der Waals surface area contributed by atoms with Gasteiger partial charge in [0.2, 0.25) is 0 Å². The molecule has 1 rings (SSSR count). The molecule has 0 aliphatic heterocycles. The summed E-state index contributed by atoms with van der Waals surface area (Å²) in [5, 5.41) is 0. The maximum atomic E-state index is 10.4. The number of hydrogen-bond acceptors (Lipinski definition) is 3. The average molecular weight is 211 g/mol. The zero-order valence-corrected chi connectivity index (χ0v) is 9.02. The number of carbonyl (C=O) groups excluding carboxylic acids is 1. The first-order valence-corrected chi connectivity index (χ1v) is 5.04. The standard InChI is InChI=1S/C11H17NO3/c1-14-6-2-7-15-8-5-12-4-3-11(9-12)10-13/h3-4,9-10H,2,5-8H2,1H3. The van der Waals surface area contributed by atoms with Crippen molar-refractivity contribution in [2.24, 2.45) is 0 Å². The molecule has 0 aliphatic rings. The Hall–Kier alpha value is -1.13. The van der Waals surface area contributed by atoms with Gasteiger partial charge in [-0.15, -0.1) is 0 Å². The molecule has 4 heteroatoms. The molecular weight excluding hydrogens is 194 g/mol. The van der Waals surface area contributed by atoms with Gasteiger partial charge in [0.05, 0.1) is 6.61 Å². The smallest absolute Gasteiger partial charge is 0.151 e. The van der Waals surface area contributed by atoms with E-state index in [-0.39, 0.29) is 0 Å². The third-order valence-corrected chi connectivity index (χ3v) is 2.04. The number of methoxy groups -OCH3 is 1. The van der Waals surface area contributed by atoms with Gasteiger partial charge >= 0.3 is 0 Å². The fourth-order valence-electron chi connectivity index (χ4n) is 1.25. The van der Waals surface area contributed by atoms with Gasteiger partial charge < -0.3 is 14.0 Å². The molecule has 0 bridgehead atoms. The molecule has 15 heavy (non-hydrogen) atoms. The number of ether oxygens (including phenoxy) is 2. The second kappa shape index (κ2) is 7.20. The highest BCUT2D eigenvalue weighted by Crippen LogP contribution is 1.97. The third kappa shape index (κ3) is 4.76. The predicted octanol–water partition coefficient (Wildman–Crippen LogP) is 1.35. The number of aldehydes is 1. The number of nitrogens with zero attached hydrogens (tertiary/aromatic N) is 1. The molecule has 0 N–H and O–H groups in total. The highest BCUT2D eigenvalue weighted by Gasteiger charge is 1.95. The lowest BCUT2D eigenvalue weighted by molar-refractivity contribution is 0.0976. The summed E-state index contributed by atoms with van der Waals surface area (Å²) < 4.78 is 12.2. The molecule has 0 aliphatic carbocycles. The maximum absolute atomic E-state index is 10.4. The minimum Gasteiger partial charge on any atom is -0.385 e. The van der Waals surface area contributed by atoms with Crippen molar-refractivity contribution in [2.75, 3.05) is 26.9 Å². The van der Waals surface area contributed by atoms with Crippen LogP contribution in [0.1, 0.15) is 16.8 Å². The van der Waals surface area contributed by atoms with Crippen molar-refractivity contribution < 1.29 is 14.3 Å². The number of carbonyl (C=O) groups is 1. The Morgan fingerprint density at radius 1 is 1.40 bits per heavy atom. The van der Waals surface area contributed by atoms with Crippen LogP contribution in [0.2, 0.25) is 0 Å². The third-order valence-electron chi connectivity index (χ3n) is 2.04. The monoisotopic (exact) mass is 211 g/mol. The summed E-state index contributed by atoms with van der Waals surface area (Å²) in [6, 6.07) is 1.79. The fraction of sp³-hybridized carbons (Fsp3) is 0.545. The number of rotatable bonds is 8. The van der Waals surface area contributed by atoms with Crippen LogP contribution in [0.25, 0.3) is 0 Å². The second-order valence-electron chi connectivity index (χ2n) is 3.26. The molecule has 0 amide bonds. The zero-order chi connectivity index (χ0) is 10.9. The molecule has 1 aromatic heterocycles. The normalized spacial score (nSPS) is 10.5. The maximum Gasteiger partial charge on any atom is 0.151 e. The van der Waals surface area contributed by atoms with E-state index in [2.05, 4.69) is 0 Å². The minimum absolute atomic E-state index is 0.663. The summed E-state index contributed by atoms with van der Waals surface area (Å²) in [4.78, 5) is 10.4. The van der Waals surface area contributed by atoms with Crippen molar-refractivity contribution in [2.45, 2.75) is 13.0 Å². The average Bonchev–Trinajstić information content (AvgIpc) is 2.71. The van der Waals surface area contributed by atoms with Crippen molar-refractivity contribution in [1.29, 1.82) is 0 Å². The van der Waals surface area contributed by atoms with E-state index < -0.39 is 0 Å². The van der Waals surface area contributed by atoms with Gasteiger partial charge in [-0.05, 0) is 12.5 Å². The highest BCUT2D eigenvalue weighted by molar-refractivity contribution is 5.74. The Balaban J connectivity index is 2.07. The number of aromatic nitrogens is 1. The summed E-state index contributed by atoms with van der Waals surface area (Å²) in [6.45, 7) is 2.89. The van der Waals surface area contributed by atoms with Crippen LogP contribution in [-0.2, 0) is 16.0 Å². The van der Waals surface area contributed by atoms with Crippen LogP contribution >= 0.6 is 0 Å². The van der Waals surface area contributed by atoms with Crippen molar-refractivity contribution >= 4 is 6.29 Å². The van der Waals surface area contributed by atoms with Crippen LogP contribution in [0, 0.1) is 0 Å². The molecular formula is C11H17NO3. The molecule has 4 nitrogen and oxygen atoms in total. The largest absolute Gasteiger partial charge is 0.385 e. The Morgan fingerprint density at radius 3 is 2.93 bits per heavy atom. The second-order valence-corrected chi connectivity index (χ2v) is 3.26. The summed E-state index contributed by atoms with van der Waals surface area (Å²) in [7, 11) is 1.68. The topological polar surface area (TPSA) is 40.5 Å². The molecule has 1 heterocycles. The Labute approximate surface area is 89.8 Å². The van der Waals surface area contributed by atoms with Gasteiger partial charge in [0.25, 0.3) is 0 Å². The lowest BCUT2D eigenvalue weighted by Gasteiger charge is -2.04. The van der Waals surface area contributed by atoms with Crippen LogP contribution in [0.4, 0.5) is 0 Å². The SMILES string of the molecule is COCCCOCCn1ccc(C=O)c1. The van der Waals surface area contributed by atoms with Crippen molar-refractivity contribution in [3.63, 3.8) is 0 Å². The summed E-state index contributed by atoms with van der Waals surface area (Å²) >= 11 is 0. The molecule has 84 valence electrons. The van der Waals surface area contributed by atoms with Gasteiger partial charge in [0.1, 0.15) is 0 Å². The van der Waals surface area contributed by atoms with E-state index >= 15 is 0 Å². The van der Waals surface area contributed by atoms with Gasteiger partial charge in [-0.1, -0.05) is 0 Å². The van der Waals surface area contributed by atoms with Gasteiger partial charge in [-0.2, -0.15) is 0 Å². The van der Waals surface area contributed by atoms with Crippen molar-refractivity contribution in [3.8, 4) is 0 Å². The molecule has 0 unspecified atom stereocenters. The molecule has 0 atom stereocenters. The van der Waals surface area contributed by atoms with Crippen molar-refractivity contribution in [1.82, 2.24) is 4.57 Å². The quantitative estimate of drug-likeness (QED) is 0.481. The van der Waals surface area contributed by atoms with Crippen LogP contribution in [0.5, 0.6) is 0 Å². The van der Waals surface area contributed by atoms with Crippen molar-refractivity contribution in [3.05, 3.63) is 24.0 Å². The van der Waals surface area contributed by atoms with E-state index in [9.17, 15) is 4.79 Å². The van der Waals surface area contributed by atoms with Crippen LogP contribution in [-0.4, -0.2) is 37.8 Å². The predicted molar refractivity (Wildman–Crippen MR) is 57.1 cm³/mol. The summed E-state index contributed by atoms with van der Waals surface area (Å²) in [5.74, 6) is 0.